The molecular weight excluding hydrogens is 367 g/mol. The van der Waals surface area contributed by atoms with Crippen LogP contribution >= 0.6 is 0 Å². The molecule has 28 heavy (non-hydrogen) atoms. The van der Waals surface area contributed by atoms with Crippen molar-refractivity contribution in [2.24, 2.45) is 0 Å². The maximum absolute atomic E-state index is 15.2. The summed E-state index contributed by atoms with van der Waals surface area (Å²) in [5, 5.41) is 4.56. The molecular formula is C23H29FN2OSi. The molecule has 0 atom stereocenters. The van der Waals surface area contributed by atoms with Crippen molar-refractivity contribution < 1.29 is 9.13 Å². The zero-order valence-corrected chi connectivity index (χ0v) is 18.0. The van der Waals surface area contributed by atoms with Crippen molar-refractivity contribution in [3.8, 4) is 0 Å². The second-order valence-corrected chi connectivity index (χ2v) is 14.0. The molecule has 3 aromatic rings. The molecule has 0 aliphatic heterocycles. The molecule has 0 amide bonds. The molecule has 0 spiro atoms. The van der Waals surface area contributed by atoms with Crippen molar-refractivity contribution in [2.75, 3.05) is 6.61 Å². The van der Waals surface area contributed by atoms with Crippen LogP contribution in [0, 0.1) is 5.82 Å². The van der Waals surface area contributed by atoms with E-state index in [9.17, 15) is 0 Å². The highest BCUT2D eigenvalue weighted by Crippen LogP contribution is 2.20. The molecule has 0 aliphatic carbocycles. The molecule has 3 nitrogen and oxygen atoms in total. The van der Waals surface area contributed by atoms with E-state index in [0.717, 1.165) is 17.2 Å². The number of halogens is 1. The number of benzene rings is 2. The molecule has 3 rings (SSSR count). The van der Waals surface area contributed by atoms with Crippen LogP contribution in [0.5, 0.6) is 0 Å². The van der Waals surface area contributed by atoms with Crippen LogP contribution in [0.4, 0.5) is 4.39 Å². The Labute approximate surface area is 168 Å². The van der Waals surface area contributed by atoms with Crippen molar-refractivity contribution >= 4 is 8.07 Å². The van der Waals surface area contributed by atoms with Gasteiger partial charge in [0, 0.05) is 27.5 Å². The number of ether oxygens (including phenoxy) is 1. The van der Waals surface area contributed by atoms with Gasteiger partial charge in [0.25, 0.3) is 0 Å². The van der Waals surface area contributed by atoms with E-state index < -0.39 is 8.07 Å². The Hall–Kier alpha value is -2.24. The van der Waals surface area contributed by atoms with Crippen molar-refractivity contribution in [3.63, 3.8) is 0 Å². The second-order valence-electron chi connectivity index (χ2n) is 8.38. The first-order valence-corrected chi connectivity index (χ1v) is 13.5. The predicted octanol–water partition coefficient (Wildman–Crippen LogP) is 5.52. The maximum Gasteiger partial charge on any atom is 0.168 e. The van der Waals surface area contributed by atoms with Crippen molar-refractivity contribution in [1.29, 1.82) is 0 Å². The van der Waals surface area contributed by atoms with Crippen molar-refractivity contribution in [3.05, 3.63) is 89.0 Å². The van der Waals surface area contributed by atoms with Gasteiger partial charge in [0.05, 0.1) is 5.69 Å². The van der Waals surface area contributed by atoms with Crippen LogP contribution in [0.3, 0.4) is 0 Å². The average molecular weight is 397 g/mol. The highest BCUT2D eigenvalue weighted by atomic mass is 28.3. The van der Waals surface area contributed by atoms with Crippen molar-refractivity contribution in [2.45, 2.75) is 45.3 Å². The van der Waals surface area contributed by atoms with Gasteiger partial charge in [-0.1, -0.05) is 80.3 Å². The van der Waals surface area contributed by atoms with E-state index in [0.29, 0.717) is 37.6 Å². The number of hydrogen-bond donors (Lipinski definition) is 0. The van der Waals surface area contributed by atoms with E-state index in [1.165, 1.54) is 0 Å². The summed E-state index contributed by atoms with van der Waals surface area (Å²) in [7, 11) is -1.16. The number of hydrogen-bond acceptors (Lipinski definition) is 2. The van der Waals surface area contributed by atoms with Gasteiger partial charge in [-0.25, -0.2) is 9.07 Å². The minimum absolute atomic E-state index is 0.221. The molecule has 0 bridgehead atoms. The first-order chi connectivity index (χ1) is 13.4. The lowest BCUT2D eigenvalue weighted by Gasteiger charge is -2.16. The second kappa shape index (κ2) is 9.30. The molecule has 1 heterocycles. The van der Waals surface area contributed by atoms with Gasteiger partial charge in [-0.3, -0.25) is 0 Å². The van der Waals surface area contributed by atoms with Gasteiger partial charge in [0.2, 0.25) is 0 Å². The van der Waals surface area contributed by atoms with Crippen LogP contribution in [0.2, 0.25) is 25.7 Å². The maximum atomic E-state index is 15.2. The Morgan fingerprint density at radius 1 is 0.893 bits per heavy atom. The Morgan fingerprint density at radius 2 is 1.46 bits per heavy atom. The fourth-order valence-electron chi connectivity index (χ4n) is 3.03. The summed E-state index contributed by atoms with van der Waals surface area (Å²) >= 11 is 0. The van der Waals surface area contributed by atoms with Gasteiger partial charge in [-0.15, -0.1) is 0 Å². The largest absolute Gasteiger partial charge is 0.360 e. The monoisotopic (exact) mass is 396 g/mol. The third-order valence-corrected chi connectivity index (χ3v) is 6.40. The quantitative estimate of drug-likeness (QED) is 0.352. The highest BCUT2D eigenvalue weighted by molar-refractivity contribution is 6.76. The van der Waals surface area contributed by atoms with E-state index in [-0.39, 0.29) is 5.82 Å². The normalized spacial score (nSPS) is 11.7. The van der Waals surface area contributed by atoms with Crippen LogP contribution in [0.15, 0.2) is 60.7 Å². The first-order valence-electron chi connectivity index (χ1n) is 9.82. The minimum atomic E-state index is -1.16. The van der Waals surface area contributed by atoms with Gasteiger partial charge in [-0.2, -0.15) is 5.10 Å². The Balaban J connectivity index is 1.79. The fourth-order valence-corrected chi connectivity index (χ4v) is 3.78. The summed E-state index contributed by atoms with van der Waals surface area (Å²) in [6, 6.07) is 20.9. The zero-order valence-electron chi connectivity index (χ0n) is 17.0. The first kappa shape index (κ1) is 20.5. The molecule has 5 heteroatoms. The number of rotatable bonds is 9. The molecule has 148 valence electrons. The molecule has 2 aromatic carbocycles. The molecule has 0 unspecified atom stereocenters. The minimum Gasteiger partial charge on any atom is -0.360 e. The smallest absolute Gasteiger partial charge is 0.168 e. The summed E-state index contributed by atoms with van der Waals surface area (Å²) < 4.78 is 22.8. The van der Waals surface area contributed by atoms with E-state index in [2.05, 4.69) is 24.7 Å². The summed E-state index contributed by atoms with van der Waals surface area (Å²) in [6.45, 7) is 7.95. The average Bonchev–Trinajstić information content (AvgIpc) is 2.95. The predicted molar refractivity (Wildman–Crippen MR) is 115 cm³/mol. The third-order valence-electron chi connectivity index (χ3n) is 4.70. The zero-order chi connectivity index (χ0) is 20.0. The van der Waals surface area contributed by atoms with Crippen LogP contribution in [-0.2, 0) is 24.3 Å². The lowest BCUT2D eigenvalue weighted by Crippen LogP contribution is -2.22. The van der Waals surface area contributed by atoms with Gasteiger partial charge in [0.15, 0.2) is 5.82 Å². The number of aromatic nitrogens is 2. The standard InChI is InChI=1S/C23H29FN2OSi/c1-28(2,3)15-14-27-18-26-22(17-20-12-8-5-9-13-20)23(24)21(25-26)16-19-10-6-4-7-11-19/h4-13H,14-18H2,1-3H3. The van der Waals surface area contributed by atoms with Crippen molar-refractivity contribution in [1.82, 2.24) is 9.78 Å². The van der Waals surface area contributed by atoms with E-state index >= 15 is 4.39 Å². The molecule has 0 N–H and O–H groups in total. The molecule has 0 radical (unpaired) electrons. The Bertz CT molecular complexity index is 873. The Kier molecular flexibility index (Phi) is 6.81. The molecule has 0 aliphatic rings. The lowest BCUT2D eigenvalue weighted by molar-refractivity contribution is 0.0762. The number of nitrogens with zero attached hydrogens (tertiary/aromatic N) is 2. The summed E-state index contributed by atoms with van der Waals surface area (Å²) in [4.78, 5) is 0. The molecule has 0 fully saturated rings. The molecule has 1 aromatic heterocycles. The SMILES string of the molecule is C[Si](C)(C)CCOCn1nc(Cc2ccccc2)c(F)c1Cc1ccccc1. The molecule has 0 saturated heterocycles. The van der Waals surface area contributed by atoms with E-state index in [1.807, 2.05) is 60.7 Å². The van der Waals surface area contributed by atoms with Gasteiger partial charge in [0.1, 0.15) is 12.4 Å². The van der Waals surface area contributed by atoms with E-state index in [1.54, 1.807) is 4.68 Å². The van der Waals surface area contributed by atoms with Gasteiger partial charge in [-0.05, 0) is 17.2 Å². The van der Waals surface area contributed by atoms with Crippen LogP contribution in [0.1, 0.15) is 22.5 Å². The topological polar surface area (TPSA) is 27.1 Å². The summed E-state index contributed by atoms with van der Waals surface area (Å²) in [6.07, 6.45) is 0.988. The molecule has 0 saturated carbocycles. The Morgan fingerprint density at radius 3 is 2.04 bits per heavy atom. The van der Waals surface area contributed by atoms with E-state index in [4.69, 9.17) is 4.74 Å². The fraction of sp³-hybridized carbons (Fsp3) is 0.348. The summed E-state index contributed by atoms with van der Waals surface area (Å²) in [5.74, 6) is -0.221. The van der Waals surface area contributed by atoms with Gasteiger partial charge >= 0.3 is 0 Å². The van der Waals surface area contributed by atoms with Crippen LogP contribution in [0.25, 0.3) is 0 Å². The van der Waals surface area contributed by atoms with Crippen LogP contribution in [-0.4, -0.2) is 24.5 Å². The van der Waals surface area contributed by atoms with Gasteiger partial charge < -0.3 is 4.74 Å². The summed E-state index contributed by atoms with van der Waals surface area (Å²) in [5.41, 5.74) is 3.18. The lowest BCUT2D eigenvalue weighted by atomic mass is 10.1. The third kappa shape index (κ3) is 5.88. The van der Waals surface area contributed by atoms with Crippen LogP contribution < -0.4 is 0 Å². The highest BCUT2D eigenvalue weighted by Gasteiger charge is 2.19.